The number of nitrogens with zero attached hydrogens (tertiary/aromatic N) is 4. The molecule has 0 saturated heterocycles. The highest BCUT2D eigenvalue weighted by atomic mass is 35.5. The summed E-state index contributed by atoms with van der Waals surface area (Å²) in [6.45, 7) is 0.694. The van der Waals surface area contributed by atoms with E-state index in [0.717, 1.165) is 15.6 Å². The van der Waals surface area contributed by atoms with Crippen LogP contribution in [0.4, 0.5) is 5.13 Å². The van der Waals surface area contributed by atoms with Crippen LogP contribution in [0.15, 0.2) is 47.6 Å². The molecule has 1 unspecified atom stereocenters. The summed E-state index contributed by atoms with van der Waals surface area (Å²) >= 11 is 8.01. The number of carbonyl (C=O) groups is 1. The summed E-state index contributed by atoms with van der Waals surface area (Å²) in [5.74, 6) is 1.52. The quantitative estimate of drug-likeness (QED) is 0.394. The number of hydrogen-bond acceptors (Lipinski definition) is 8. The fourth-order valence-corrected chi connectivity index (χ4v) is 5.24. The zero-order valence-electron chi connectivity index (χ0n) is 19.3. The van der Waals surface area contributed by atoms with Crippen LogP contribution < -0.4 is 19.1 Å². The van der Waals surface area contributed by atoms with Gasteiger partial charge in [0.25, 0.3) is 0 Å². The topological polar surface area (TPSA) is 76.5 Å². The Morgan fingerprint density at radius 1 is 1.15 bits per heavy atom. The Bertz CT molecular complexity index is 1180. The number of carbonyl (C=O) groups excluding carboxylic acids is 1. The Morgan fingerprint density at radius 3 is 2.41 bits per heavy atom. The van der Waals surface area contributed by atoms with Gasteiger partial charge in [0.05, 0.1) is 38.0 Å². The van der Waals surface area contributed by atoms with E-state index in [9.17, 15) is 4.79 Å². The molecule has 1 aliphatic heterocycles. The maximum Gasteiger partial charge on any atom is 0.230 e. The van der Waals surface area contributed by atoms with Crippen molar-refractivity contribution >= 4 is 40.2 Å². The molecule has 178 valence electrons. The predicted octanol–water partition coefficient (Wildman–Crippen LogP) is 4.77. The van der Waals surface area contributed by atoms with Gasteiger partial charge in [-0.3, -0.25) is 4.79 Å². The number of rotatable bonds is 9. The molecule has 1 amide bonds. The molecule has 0 N–H and O–H groups in total. The molecule has 4 rings (SSSR count). The van der Waals surface area contributed by atoms with Crippen LogP contribution in [-0.2, 0) is 11.3 Å². The van der Waals surface area contributed by atoms with Gasteiger partial charge in [0, 0.05) is 25.6 Å². The molecule has 0 aliphatic carbocycles. The summed E-state index contributed by atoms with van der Waals surface area (Å²) in [7, 11) is 6.64. The fraction of sp³-hybridized carbons (Fsp3) is 0.292. The highest BCUT2D eigenvalue weighted by molar-refractivity contribution is 7.16. The Labute approximate surface area is 207 Å². The monoisotopic (exact) mass is 500 g/mol. The second-order valence-corrected chi connectivity index (χ2v) is 9.03. The number of amides is 1. The van der Waals surface area contributed by atoms with Crippen LogP contribution in [0.3, 0.4) is 0 Å². The molecule has 2 heterocycles. The van der Waals surface area contributed by atoms with Crippen molar-refractivity contribution in [1.29, 1.82) is 0 Å². The lowest BCUT2D eigenvalue weighted by Crippen LogP contribution is -2.17. The van der Waals surface area contributed by atoms with E-state index in [1.165, 1.54) is 21.9 Å². The first-order valence-corrected chi connectivity index (χ1v) is 11.7. The SMILES string of the molecule is COc1cc(C2=NN(C=O)C(c3sc(N(C)Cc4ccccc4)nc3Cl)C2)cc(OC)c1OC. The third-order valence-corrected chi connectivity index (χ3v) is 7.21. The maximum atomic E-state index is 11.9. The van der Waals surface area contributed by atoms with Crippen LogP contribution in [0, 0.1) is 0 Å². The summed E-state index contributed by atoms with van der Waals surface area (Å²) in [6, 6.07) is 13.4. The van der Waals surface area contributed by atoms with E-state index in [-0.39, 0.29) is 6.04 Å². The first-order valence-electron chi connectivity index (χ1n) is 10.5. The van der Waals surface area contributed by atoms with Gasteiger partial charge in [-0.15, -0.1) is 0 Å². The number of anilines is 1. The van der Waals surface area contributed by atoms with Crippen LogP contribution >= 0.6 is 22.9 Å². The average Bonchev–Trinajstić information content (AvgIpc) is 3.47. The van der Waals surface area contributed by atoms with Crippen LogP contribution in [0.5, 0.6) is 17.2 Å². The Kier molecular flexibility index (Phi) is 7.23. The molecule has 8 nitrogen and oxygen atoms in total. The van der Waals surface area contributed by atoms with Gasteiger partial charge < -0.3 is 19.1 Å². The van der Waals surface area contributed by atoms with Gasteiger partial charge >= 0.3 is 0 Å². The lowest BCUT2D eigenvalue weighted by atomic mass is 10.0. The minimum absolute atomic E-state index is 0.351. The van der Waals surface area contributed by atoms with Crippen LogP contribution in [0.25, 0.3) is 0 Å². The molecule has 1 aliphatic rings. The molecular weight excluding hydrogens is 476 g/mol. The first-order chi connectivity index (χ1) is 16.5. The molecule has 0 fully saturated rings. The fourth-order valence-electron chi connectivity index (χ4n) is 3.86. The van der Waals surface area contributed by atoms with Crippen LogP contribution in [0.2, 0.25) is 5.15 Å². The maximum absolute atomic E-state index is 11.9. The average molecular weight is 501 g/mol. The van der Waals surface area contributed by atoms with Crippen molar-refractivity contribution in [2.24, 2.45) is 5.10 Å². The molecule has 34 heavy (non-hydrogen) atoms. The molecule has 0 saturated carbocycles. The third-order valence-electron chi connectivity index (χ3n) is 5.54. The molecule has 1 aromatic heterocycles. The number of benzene rings is 2. The Hall–Kier alpha value is -3.30. The highest BCUT2D eigenvalue weighted by Crippen LogP contribution is 2.43. The molecule has 3 aromatic rings. The molecule has 0 radical (unpaired) electrons. The smallest absolute Gasteiger partial charge is 0.230 e. The minimum atomic E-state index is -0.351. The lowest BCUT2D eigenvalue weighted by Gasteiger charge is -2.16. The van der Waals surface area contributed by atoms with Gasteiger partial charge in [-0.25, -0.2) is 9.99 Å². The summed E-state index contributed by atoms with van der Waals surface area (Å²) < 4.78 is 16.3. The van der Waals surface area contributed by atoms with Crippen molar-refractivity contribution < 1.29 is 19.0 Å². The second kappa shape index (κ2) is 10.3. The zero-order valence-corrected chi connectivity index (χ0v) is 20.9. The largest absolute Gasteiger partial charge is 0.493 e. The number of methoxy groups -OCH3 is 3. The number of hydrazone groups is 1. The minimum Gasteiger partial charge on any atom is -0.493 e. The van der Waals surface area contributed by atoms with Crippen molar-refractivity contribution in [3.8, 4) is 17.2 Å². The van der Waals surface area contributed by atoms with E-state index in [4.69, 9.17) is 25.8 Å². The van der Waals surface area contributed by atoms with Gasteiger partial charge in [0.1, 0.15) is 5.15 Å². The van der Waals surface area contributed by atoms with Gasteiger partial charge in [-0.2, -0.15) is 5.10 Å². The standard InChI is InChI=1S/C24H25ClN4O4S/c1-28(13-15-8-6-5-7-9-15)24-26-23(25)22(34-24)18-12-17(27-29(18)14-30)16-10-19(31-2)21(33-4)20(11-16)32-3/h5-11,14,18H,12-13H2,1-4H3. The van der Waals surface area contributed by atoms with E-state index < -0.39 is 0 Å². The summed E-state index contributed by atoms with van der Waals surface area (Å²) in [5, 5.41) is 7.08. The van der Waals surface area contributed by atoms with E-state index in [2.05, 4.69) is 22.2 Å². The van der Waals surface area contributed by atoms with Crippen molar-refractivity contribution in [3.05, 3.63) is 63.6 Å². The number of aromatic nitrogens is 1. The number of ether oxygens (including phenoxy) is 3. The van der Waals surface area contributed by atoms with Crippen molar-refractivity contribution in [1.82, 2.24) is 9.99 Å². The zero-order chi connectivity index (χ0) is 24.2. The molecule has 0 bridgehead atoms. The van der Waals surface area contributed by atoms with Gasteiger partial charge in [-0.1, -0.05) is 53.3 Å². The summed E-state index contributed by atoms with van der Waals surface area (Å²) in [4.78, 5) is 19.3. The summed E-state index contributed by atoms with van der Waals surface area (Å²) in [5.41, 5.74) is 2.65. The third kappa shape index (κ3) is 4.67. The van der Waals surface area contributed by atoms with Gasteiger partial charge in [0.2, 0.25) is 12.2 Å². The van der Waals surface area contributed by atoms with Gasteiger partial charge in [-0.05, 0) is 17.7 Å². The normalized spacial score (nSPS) is 15.1. The molecule has 10 heteroatoms. The Morgan fingerprint density at radius 2 is 1.82 bits per heavy atom. The van der Waals surface area contributed by atoms with Gasteiger partial charge in [0.15, 0.2) is 16.6 Å². The number of thiazole rings is 1. The predicted molar refractivity (Wildman–Crippen MR) is 134 cm³/mol. The van der Waals surface area contributed by atoms with Crippen LogP contribution in [0.1, 0.15) is 28.5 Å². The van der Waals surface area contributed by atoms with E-state index >= 15 is 0 Å². The van der Waals surface area contributed by atoms with Crippen molar-refractivity contribution in [3.63, 3.8) is 0 Å². The number of hydrogen-bond donors (Lipinski definition) is 0. The highest BCUT2D eigenvalue weighted by Gasteiger charge is 2.33. The molecule has 2 aromatic carbocycles. The van der Waals surface area contributed by atoms with E-state index in [1.54, 1.807) is 21.3 Å². The van der Waals surface area contributed by atoms with Crippen molar-refractivity contribution in [2.75, 3.05) is 33.3 Å². The first kappa shape index (κ1) is 23.8. The van der Waals surface area contributed by atoms with Crippen molar-refractivity contribution in [2.45, 2.75) is 19.0 Å². The van der Waals surface area contributed by atoms with Crippen LogP contribution in [-0.4, -0.2) is 50.5 Å². The molecular formula is C24H25ClN4O4S. The lowest BCUT2D eigenvalue weighted by molar-refractivity contribution is -0.119. The van der Waals surface area contributed by atoms with E-state index in [0.29, 0.717) is 47.5 Å². The molecule has 0 spiro atoms. The molecule has 1 atom stereocenters. The Balaban J connectivity index is 1.60. The summed E-state index contributed by atoms with van der Waals surface area (Å²) in [6.07, 6.45) is 1.18. The number of halogens is 1. The second-order valence-electron chi connectivity index (χ2n) is 7.66. The van der Waals surface area contributed by atoms with E-state index in [1.807, 2.05) is 42.3 Å².